The number of fused-ring (bicyclic) bond motifs is 8. The van der Waals surface area contributed by atoms with E-state index in [2.05, 4.69) is 166 Å². The first kappa shape index (κ1) is 63.8. The summed E-state index contributed by atoms with van der Waals surface area (Å²) in [6.07, 6.45) is 7.67. The Balaban J connectivity index is 1.34. The van der Waals surface area contributed by atoms with Gasteiger partial charge in [-0.2, -0.15) is 0 Å². The van der Waals surface area contributed by atoms with Crippen molar-refractivity contribution in [2.75, 3.05) is 26.4 Å². The lowest BCUT2D eigenvalue weighted by atomic mass is 9.78. The van der Waals surface area contributed by atoms with Crippen LogP contribution in [0.25, 0.3) is 90.9 Å². The number of aliphatic hydroxyl groups is 2. The molecule has 14 nitrogen and oxygen atoms in total. The van der Waals surface area contributed by atoms with Crippen LogP contribution in [-0.2, 0) is 73.0 Å². The normalized spacial score (nSPS) is 12.5. The molecule has 0 amide bonds. The quantitative estimate of drug-likeness (QED) is 0.0274. The van der Waals surface area contributed by atoms with Crippen molar-refractivity contribution < 1.29 is 48.3 Å². The maximum atomic E-state index is 13.0. The molecule has 0 atom stereocenters. The topological polar surface area (TPSA) is 203 Å². The molecular weight excluding hydrogens is 1100 g/mol. The van der Waals surface area contributed by atoms with Crippen LogP contribution in [0, 0.1) is 0 Å². The zero-order valence-electron chi connectivity index (χ0n) is 52.8. The molecule has 9 rings (SSSR count). The van der Waals surface area contributed by atoms with E-state index in [9.17, 15) is 19.2 Å². The van der Waals surface area contributed by atoms with Gasteiger partial charge < -0.3 is 39.1 Å². The summed E-state index contributed by atoms with van der Waals surface area (Å²) in [5.41, 5.74) is 18.1. The summed E-state index contributed by atoms with van der Waals surface area (Å²) in [6, 6.07) is 37.6. The van der Waals surface area contributed by atoms with Crippen molar-refractivity contribution in [1.82, 2.24) is 19.9 Å². The molecule has 458 valence electrons. The SMILES string of the molecule is CC(C)(C)c1cc(-c2c3nc(c(-c4cccc(COC(=O)CC(=O)OCCCO)c4)c4ccc([nH]4)c(-c4cc(C(C)(C)C)cc(C(C)(C)C)c4)c4nc(c(-c5cccc(COC(=O)CC(=O)OCCCO)c5)c5ccc2[nH]5)C=C4)C=C3)cc(C(C)(C)C)c1. The largest absolute Gasteiger partial charge is 0.465 e. The zero-order valence-corrected chi connectivity index (χ0v) is 52.8. The van der Waals surface area contributed by atoms with Crippen LogP contribution in [0.15, 0.2) is 109 Å². The highest BCUT2D eigenvalue weighted by Crippen LogP contribution is 2.43. The van der Waals surface area contributed by atoms with E-state index in [1.54, 1.807) is 0 Å². The molecular formula is C74H82N4O10. The van der Waals surface area contributed by atoms with Gasteiger partial charge in [0.1, 0.15) is 26.1 Å². The Morgan fingerprint density at radius 2 is 0.682 bits per heavy atom. The number of benzene rings is 4. The van der Waals surface area contributed by atoms with E-state index in [0.717, 1.165) is 78.0 Å². The average molecular weight is 1190 g/mol. The molecule has 0 radical (unpaired) electrons. The number of carbonyl (C=O) groups excluding carboxylic acids is 4. The second kappa shape index (κ2) is 26.3. The molecule has 0 spiro atoms. The summed E-state index contributed by atoms with van der Waals surface area (Å²) in [7, 11) is 0. The van der Waals surface area contributed by atoms with Crippen molar-refractivity contribution in [3.63, 3.8) is 0 Å². The van der Waals surface area contributed by atoms with Crippen LogP contribution in [0.2, 0.25) is 0 Å². The van der Waals surface area contributed by atoms with Crippen molar-refractivity contribution in [1.29, 1.82) is 0 Å². The minimum absolute atomic E-state index is 0.00871. The fraction of sp³-hybridized carbons (Fsp3) is 0.351. The van der Waals surface area contributed by atoms with Crippen LogP contribution >= 0.6 is 0 Å². The van der Waals surface area contributed by atoms with E-state index in [4.69, 9.17) is 39.1 Å². The Morgan fingerprint density at radius 3 is 0.977 bits per heavy atom. The first-order valence-corrected chi connectivity index (χ1v) is 30.2. The number of ether oxygens (including phenoxy) is 4. The Labute approximate surface area is 516 Å². The molecule has 5 heterocycles. The second-order valence-electron chi connectivity index (χ2n) is 26.8. The van der Waals surface area contributed by atoms with Gasteiger partial charge in [-0.25, -0.2) is 9.97 Å². The van der Waals surface area contributed by atoms with Gasteiger partial charge in [-0.05, 0) is 138 Å². The minimum atomic E-state index is -0.726. The molecule has 2 aliphatic heterocycles. The van der Waals surface area contributed by atoms with Gasteiger partial charge in [0.05, 0.1) is 36.0 Å². The number of nitrogens with one attached hydrogen (secondary N) is 2. The summed E-state index contributed by atoms with van der Waals surface area (Å²) in [4.78, 5) is 69.8. The molecule has 4 N–H and O–H groups in total. The molecule has 0 unspecified atom stereocenters. The Morgan fingerprint density at radius 1 is 0.386 bits per heavy atom. The molecule has 8 bridgehead atoms. The number of rotatable bonds is 18. The van der Waals surface area contributed by atoms with Gasteiger partial charge in [-0.15, -0.1) is 0 Å². The number of hydrogen-bond donors (Lipinski definition) is 4. The number of carbonyl (C=O) groups is 4. The van der Waals surface area contributed by atoms with Crippen molar-refractivity contribution in [3.05, 3.63) is 165 Å². The Kier molecular flexibility index (Phi) is 19.1. The molecule has 0 aliphatic carbocycles. The van der Waals surface area contributed by atoms with Crippen molar-refractivity contribution in [2.45, 2.75) is 144 Å². The number of hydrogen-bond acceptors (Lipinski definition) is 12. The number of nitrogens with zero attached hydrogens (tertiary/aromatic N) is 2. The van der Waals surface area contributed by atoms with E-state index in [0.29, 0.717) is 22.5 Å². The molecule has 7 aromatic rings. The highest BCUT2D eigenvalue weighted by molar-refractivity contribution is 6.00. The standard InChI is InChI=1S/C74H82N4O10/c1-71(2,3)51-35-49(36-52(39-51)72(4,5)6)69-59-25-21-55(75-59)67(47-19-13-17-45(33-47)43-87-65(83)41-63(81)85-31-15-29-79)57-23-27-61(77-57)70(50-37-53(73(7,8)9)40-54(38-50)74(10,11)12)62-28-24-58(78-62)68(56-22-26-60(69)76-56)48-20-14-18-46(34-48)44-88-66(84)42-64(82)86-32-16-30-80/h13-14,17-28,33-40,75,78-80H,15-16,29-32,41-44H2,1-12H3. The first-order valence-electron chi connectivity index (χ1n) is 30.2. The van der Waals surface area contributed by atoms with E-state index in [1.165, 1.54) is 22.3 Å². The lowest BCUT2D eigenvalue weighted by Crippen LogP contribution is -2.16. The fourth-order valence-electron chi connectivity index (χ4n) is 10.6. The first-order chi connectivity index (χ1) is 41.7. The van der Waals surface area contributed by atoms with Gasteiger partial charge >= 0.3 is 23.9 Å². The second-order valence-corrected chi connectivity index (χ2v) is 26.8. The van der Waals surface area contributed by atoms with E-state index in [1.807, 2.05) is 60.7 Å². The van der Waals surface area contributed by atoms with Gasteiger partial charge in [-0.3, -0.25) is 19.2 Å². The lowest BCUT2D eigenvalue weighted by Gasteiger charge is -2.26. The number of aromatic nitrogens is 4. The predicted molar refractivity (Wildman–Crippen MR) is 350 cm³/mol. The van der Waals surface area contributed by atoms with Gasteiger partial charge in [0.2, 0.25) is 0 Å². The summed E-state index contributed by atoms with van der Waals surface area (Å²) < 4.78 is 21.5. The molecule has 2 aliphatic rings. The smallest absolute Gasteiger partial charge is 0.317 e. The molecule has 0 fully saturated rings. The number of H-pyrrole nitrogens is 2. The summed E-state index contributed by atoms with van der Waals surface area (Å²) >= 11 is 0. The Bertz CT molecular complexity index is 3710. The van der Waals surface area contributed by atoms with Crippen molar-refractivity contribution in [2.24, 2.45) is 0 Å². The number of aromatic amines is 2. The summed E-state index contributed by atoms with van der Waals surface area (Å²) in [6.45, 7) is 26.3. The van der Waals surface area contributed by atoms with Crippen LogP contribution in [-0.4, -0.2) is 80.5 Å². The molecule has 88 heavy (non-hydrogen) atoms. The van der Waals surface area contributed by atoms with Crippen LogP contribution in [0.1, 0.15) is 165 Å². The molecule has 0 saturated heterocycles. The average Bonchev–Trinajstić information content (AvgIpc) is 2.34. The molecule has 0 saturated carbocycles. The summed E-state index contributed by atoms with van der Waals surface area (Å²) in [5, 5.41) is 18.3. The van der Waals surface area contributed by atoms with Gasteiger partial charge in [0.25, 0.3) is 0 Å². The molecule has 4 aromatic carbocycles. The van der Waals surface area contributed by atoms with Crippen LogP contribution in [0.4, 0.5) is 0 Å². The van der Waals surface area contributed by atoms with E-state index >= 15 is 0 Å². The third kappa shape index (κ3) is 15.3. The van der Waals surface area contributed by atoms with Crippen LogP contribution in [0.5, 0.6) is 0 Å². The minimum Gasteiger partial charge on any atom is -0.465 e. The van der Waals surface area contributed by atoms with Crippen LogP contribution < -0.4 is 0 Å². The highest BCUT2D eigenvalue weighted by Gasteiger charge is 2.27. The third-order valence-electron chi connectivity index (χ3n) is 15.6. The molecule has 14 heteroatoms. The monoisotopic (exact) mass is 1190 g/mol. The van der Waals surface area contributed by atoms with E-state index in [-0.39, 0.29) is 74.1 Å². The molecule has 3 aromatic heterocycles. The predicted octanol–water partition coefficient (Wildman–Crippen LogP) is 15.2. The van der Waals surface area contributed by atoms with Gasteiger partial charge in [-0.1, -0.05) is 156 Å². The zero-order chi connectivity index (χ0) is 63.3. The van der Waals surface area contributed by atoms with E-state index < -0.39 is 36.7 Å². The van der Waals surface area contributed by atoms with Gasteiger partial charge in [0, 0.05) is 70.4 Å². The Hall–Kier alpha value is -8.72. The fourth-order valence-corrected chi connectivity index (χ4v) is 10.6. The number of esters is 4. The maximum Gasteiger partial charge on any atom is 0.317 e. The van der Waals surface area contributed by atoms with Crippen molar-refractivity contribution >= 4 is 70.2 Å². The highest BCUT2D eigenvalue weighted by atomic mass is 16.6. The lowest BCUT2D eigenvalue weighted by molar-refractivity contribution is -0.157. The van der Waals surface area contributed by atoms with Crippen LogP contribution in [0.3, 0.4) is 0 Å². The summed E-state index contributed by atoms with van der Waals surface area (Å²) in [5.74, 6) is -2.89. The van der Waals surface area contributed by atoms with Gasteiger partial charge in [0.15, 0.2) is 0 Å². The third-order valence-corrected chi connectivity index (χ3v) is 15.6. The maximum absolute atomic E-state index is 13.0. The van der Waals surface area contributed by atoms with Crippen molar-refractivity contribution in [3.8, 4) is 44.5 Å². The number of aliphatic hydroxyl groups excluding tert-OH is 2.